The number of imide groups is 1. The molecule has 186 valence electrons. The molecule has 1 aliphatic heterocycles. The van der Waals surface area contributed by atoms with Gasteiger partial charge in [-0.1, -0.05) is 30.7 Å². The Morgan fingerprint density at radius 3 is 2.44 bits per heavy atom. The van der Waals surface area contributed by atoms with E-state index in [2.05, 4.69) is 20.6 Å². The van der Waals surface area contributed by atoms with Crippen LogP contribution in [-0.4, -0.2) is 55.7 Å². The SMILES string of the molecule is CCCN1C(=O)NC(Nc2ccc(Oc3cnc(C(=O)O)cn3)cc2)N(Cc2ccc(Cl)cc2)C1=O. The highest BCUT2D eigenvalue weighted by Crippen LogP contribution is 2.23. The molecule has 0 saturated carbocycles. The van der Waals surface area contributed by atoms with Crippen molar-refractivity contribution < 1.29 is 24.2 Å². The van der Waals surface area contributed by atoms with Gasteiger partial charge in [0.25, 0.3) is 0 Å². The second kappa shape index (κ2) is 10.9. The Morgan fingerprint density at radius 2 is 1.83 bits per heavy atom. The summed E-state index contributed by atoms with van der Waals surface area (Å²) in [6, 6.07) is 13.0. The quantitative estimate of drug-likeness (QED) is 0.386. The average Bonchev–Trinajstić information content (AvgIpc) is 2.87. The Hall–Kier alpha value is -4.38. The highest BCUT2D eigenvalue weighted by atomic mass is 35.5. The van der Waals surface area contributed by atoms with Crippen molar-refractivity contribution in [2.75, 3.05) is 11.9 Å². The molecule has 3 N–H and O–H groups in total. The molecule has 11 nitrogen and oxygen atoms in total. The topological polar surface area (TPSA) is 137 Å². The van der Waals surface area contributed by atoms with Crippen molar-refractivity contribution in [2.24, 2.45) is 0 Å². The van der Waals surface area contributed by atoms with Gasteiger partial charge in [0.2, 0.25) is 5.88 Å². The number of ether oxygens (including phenoxy) is 1. The number of carbonyl (C=O) groups excluding carboxylic acids is 2. The number of halogens is 1. The summed E-state index contributed by atoms with van der Waals surface area (Å²) in [6.07, 6.45) is 2.16. The molecule has 4 rings (SSSR count). The molecule has 0 spiro atoms. The van der Waals surface area contributed by atoms with Gasteiger partial charge >= 0.3 is 18.0 Å². The standard InChI is InChI=1S/C24H23ClN6O5/c1-2-11-30-23(34)29-22(31(24(30)35)14-15-3-5-16(25)6-4-15)28-17-7-9-18(10-8-17)36-20-13-26-19(12-27-20)21(32)33/h3-10,12-13,22,28H,2,11,14H2,1H3,(H,29,34)(H,32,33). The highest BCUT2D eigenvalue weighted by Gasteiger charge is 2.37. The van der Waals surface area contributed by atoms with E-state index in [1.807, 2.05) is 19.1 Å². The number of nitrogens with one attached hydrogen (secondary N) is 2. The molecule has 1 fully saturated rings. The summed E-state index contributed by atoms with van der Waals surface area (Å²) in [6.45, 7) is 2.45. The van der Waals surface area contributed by atoms with Gasteiger partial charge in [0.05, 0.1) is 18.9 Å². The number of carboxylic acids is 1. The number of carbonyl (C=O) groups is 3. The molecule has 36 heavy (non-hydrogen) atoms. The molecule has 1 aromatic heterocycles. The maximum absolute atomic E-state index is 13.2. The van der Waals surface area contributed by atoms with Gasteiger partial charge in [-0.05, 0) is 48.4 Å². The van der Waals surface area contributed by atoms with Crippen LogP contribution in [0.1, 0.15) is 29.4 Å². The molecule has 1 aliphatic rings. The van der Waals surface area contributed by atoms with Gasteiger partial charge in [0, 0.05) is 17.3 Å². The van der Waals surface area contributed by atoms with E-state index in [1.54, 1.807) is 36.4 Å². The van der Waals surface area contributed by atoms with E-state index in [0.29, 0.717) is 29.4 Å². The number of aromatic nitrogens is 2. The predicted octanol–water partition coefficient (Wildman–Crippen LogP) is 4.37. The van der Waals surface area contributed by atoms with Crippen LogP contribution in [0.3, 0.4) is 0 Å². The second-order valence-corrected chi connectivity index (χ2v) is 8.29. The van der Waals surface area contributed by atoms with Gasteiger partial charge in [-0.2, -0.15) is 0 Å². The first-order chi connectivity index (χ1) is 17.3. The third-order valence-electron chi connectivity index (χ3n) is 5.23. The minimum absolute atomic E-state index is 0.135. The van der Waals surface area contributed by atoms with Crippen LogP contribution in [0.2, 0.25) is 5.02 Å². The minimum atomic E-state index is -1.18. The van der Waals surface area contributed by atoms with Crippen molar-refractivity contribution in [3.63, 3.8) is 0 Å². The van der Waals surface area contributed by atoms with E-state index in [-0.39, 0.29) is 18.1 Å². The summed E-state index contributed by atoms with van der Waals surface area (Å²) >= 11 is 5.99. The van der Waals surface area contributed by atoms with Crippen molar-refractivity contribution in [2.45, 2.75) is 26.2 Å². The lowest BCUT2D eigenvalue weighted by molar-refractivity contribution is 0.0689. The third kappa shape index (κ3) is 5.81. The number of hydrogen-bond donors (Lipinski definition) is 3. The molecular formula is C24H23ClN6O5. The van der Waals surface area contributed by atoms with Crippen LogP contribution >= 0.6 is 11.6 Å². The molecule has 12 heteroatoms. The number of nitrogens with zero attached hydrogens (tertiary/aromatic N) is 4. The number of benzene rings is 2. The first-order valence-electron chi connectivity index (χ1n) is 11.1. The van der Waals surface area contributed by atoms with Crippen molar-refractivity contribution in [3.05, 3.63) is 77.2 Å². The van der Waals surface area contributed by atoms with Crippen LogP contribution in [0.25, 0.3) is 0 Å². The lowest BCUT2D eigenvalue weighted by atomic mass is 10.2. The zero-order chi connectivity index (χ0) is 25.7. The number of carboxylic acid groups (broad SMARTS) is 1. The molecular weight excluding hydrogens is 488 g/mol. The van der Waals surface area contributed by atoms with Crippen molar-refractivity contribution >= 4 is 35.3 Å². The second-order valence-electron chi connectivity index (χ2n) is 7.86. The largest absolute Gasteiger partial charge is 0.476 e. The number of urea groups is 2. The Balaban J connectivity index is 1.48. The molecule has 0 aliphatic carbocycles. The zero-order valence-corrected chi connectivity index (χ0v) is 20.0. The van der Waals surface area contributed by atoms with Crippen LogP contribution in [0, 0.1) is 0 Å². The van der Waals surface area contributed by atoms with E-state index >= 15 is 0 Å². The Bertz CT molecular complexity index is 1240. The predicted molar refractivity (Wildman–Crippen MR) is 131 cm³/mol. The summed E-state index contributed by atoms with van der Waals surface area (Å²) in [5.41, 5.74) is 1.29. The minimum Gasteiger partial charge on any atom is -0.476 e. The van der Waals surface area contributed by atoms with Crippen LogP contribution in [0.5, 0.6) is 11.6 Å². The van der Waals surface area contributed by atoms with E-state index in [9.17, 15) is 14.4 Å². The first kappa shape index (κ1) is 24.7. The molecule has 0 radical (unpaired) electrons. The smallest absolute Gasteiger partial charge is 0.356 e. The van der Waals surface area contributed by atoms with Gasteiger partial charge in [-0.25, -0.2) is 29.3 Å². The number of anilines is 1. The number of rotatable bonds is 9. The summed E-state index contributed by atoms with van der Waals surface area (Å²) in [7, 11) is 0. The van der Waals surface area contributed by atoms with Gasteiger partial charge in [0.1, 0.15) is 5.75 Å². The molecule has 2 heterocycles. The first-order valence-corrected chi connectivity index (χ1v) is 11.4. The highest BCUT2D eigenvalue weighted by molar-refractivity contribution is 6.30. The fraction of sp³-hybridized carbons (Fsp3) is 0.208. The monoisotopic (exact) mass is 510 g/mol. The van der Waals surface area contributed by atoms with Gasteiger partial charge in [-0.3, -0.25) is 10.2 Å². The number of amides is 4. The molecule has 1 saturated heterocycles. The van der Waals surface area contributed by atoms with Crippen molar-refractivity contribution in [1.29, 1.82) is 0 Å². The lowest BCUT2D eigenvalue weighted by Crippen LogP contribution is -2.67. The summed E-state index contributed by atoms with van der Waals surface area (Å²) in [4.78, 5) is 47.1. The molecule has 0 bridgehead atoms. The molecule has 1 atom stereocenters. The maximum atomic E-state index is 13.2. The van der Waals surface area contributed by atoms with E-state index < -0.39 is 24.3 Å². The van der Waals surface area contributed by atoms with Crippen molar-refractivity contribution in [1.82, 2.24) is 25.1 Å². The van der Waals surface area contributed by atoms with Gasteiger partial charge < -0.3 is 15.2 Å². The summed E-state index contributed by atoms with van der Waals surface area (Å²) in [5.74, 6) is -0.606. The van der Waals surface area contributed by atoms with Crippen LogP contribution in [-0.2, 0) is 6.54 Å². The Kier molecular flexibility index (Phi) is 7.50. The summed E-state index contributed by atoms with van der Waals surface area (Å²) in [5, 5.41) is 15.5. The number of hydrogen-bond acceptors (Lipinski definition) is 7. The van der Waals surface area contributed by atoms with E-state index in [4.69, 9.17) is 21.4 Å². The van der Waals surface area contributed by atoms with Gasteiger partial charge in [0.15, 0.2) is 12.0 Å². The molecule has 3 aromatic rings. The van der Waals surface area contributed by atoms with Gasteiger partial charge in [-0.15, -0.1) is 0 Å². The van der Waals surface area contributed by atoms with E-state index in [1.165, 1.54) is 16.0 Å². The molecule has 4 amide bonds. The third-order valence-corrected chi connectivity index (χ3v) is 5.49. The molecule has 1 unspecified atom stereocenters. The normalized spacial score (nSPS) is 15.4. The Morgan fingerprint density at radius 1 is 1.11 bits per heavy atom. The fourth-order valence-corrected chi connectivity index (χ4v) is 3.61. The zero-order valence-electron chi connectivity index (χ0n) is 19.2. The summed E-state index contributed by atoms with van der Waals surface area (Å²) < 4.78 is 5.60. The van der Waals surface area contributed by atoms with Crippen LogP contribution in [0.15, 0.2) is 60.9 Å². The average molecular weight is 511 g/mol. The fourth-order valence-electron chi connectivity index (χ4n) is 3.48. The van der Waals surface area contributed by atoms with Crippen molar-refractivity contribution in [3.8, 4) is 11.6 Å². The van der Waals surface area contributed by atoms with Crippen LogP contribution < -0.4 is 15.4 Å². The lowest BCUT2D eigenvalue weighted by Gasteiger charge is -2.41. The number of aromatic carboxylic acids is 1. The molecule has 2 aromatic carbocycles. The maximum Gasteiger partial charge on any atom is 0.356 e. The van der Waals surface area contributed by atoms with E-state index in [0.717, 1.165) is 11.8 Å². The van der Waals surface area contributed by atoms with Crippen LogP contribution in [0.4, 0.5) is 15.3 Å². The Labute approximate surface area is 211 Å².